The van der Waals surface area contributed by atoms with Crippen LogP contribution in [0.2, 0.25) is 0 Å². The van der Waals surface area contributed by atoms with E-state index in [1.165, 1.54) is 22.3 Å². The Balaban J connectivity index is 0.00000120. The monoisotopic (exact) mass is 272 g/mol. The van der Waals surface area contributed by atoms with Gasteiger partial charge in [-0.3, -0.25) is 0 Å². The molecule has 90 valence electrons. The molecular formula is C16H16OTi. The minimum Gasteiger partial charge on any atom is -0.389 e. The topological polar surface area (TPSA) is 20.2 Å². The Hall–Kier alpha value is -0.886. The molecule has 0 saturated heterocycles. The van der Waals surface area contributed by atoms with E-state index in [9.17, 15) is 5.11 Å². The van der Waals surface area contributed by atoms with Crippen LogP contribution in [0.3, 0.4) is 0 Å². The fourth-order valence-electron chi connectivity index (χ4n) is 2.75. The van der Waals surface area contributed by atoms with Gasteiger partial charge in [-0.1, -0.05) is 48.5 Å². The van der Waals surface area contributed by atoms with E-state index in [0.717, 1.165) is 12.8 Å². The fraction of sp³-hybridized carbons (Fsp3) is 0.250. The van der Waals surface area contributed by atoms with E-state index < -0.39 is 5.60 Å². The summed E-state index contributed by atoms with van der Waals surface area (Å²) in [6.07, 6.45) is 1.52. The van der Waals surface area contributed by atoms with Crippen LogP contribution >= 0.6 is 0 Å². The molecule has 0 spiro atoms. The summed E-state index contributed by atoms with van der Waals surface area (Å²) in [6, 6.07) is 16.8. The average Bonchev–Trinajstić information content (AvgIpc) is 2.63. The summed E-state index contributed by atoms with van der Waals surface area (Å²) in [5.41, 5.74) is 4.52. The van der Waals surface area contributed by atoms with Crippen molar-refractivity contribution in [2.24, 2.45) is 0 Å². The third kappa shape index (κ3) is 2.44. The molecule has 0 saturated carbocycles. The van der Waals surface area contributed by atoms with Gasteiger partial charge in [0.25, 0.3) is 0 Å². The van der Waals surface area contributed by atoms with Crippen LogP contribution in [0, 0.1) is 0 Å². The standard InChI is InChI=1S/C16H16O.Ti/c1-16(17)10-13-8-5-9-14(15(13)11-16)12-6-3-2-4-7-12;/h2-9,17H,10-11H2,1H3;. The van der Waals surface area contributed by atoms with Crippen LogP contribution in [0.1, 0.15) is 18.1 Å². The van der Waals surface area contributed by atoms with Gasteiger partial charge in [-0.15, -0.1) is 0 Å². The van der Waals surface area contributed by atoms with Crippen molar-refractivity contribution < 1.29 is 26.8 Å². The van der Waals surface area contributed by atoms with Gasteiger partial charge in [0.05, 0.1) is 5.60 Å². The Labute approximate surface area is 123 Å². The molecule has 18 heavy (non-hydrogen) atoms. The van der Waals surface area contributed by atoms with Crippen molar-refractivity contribution in [1.29, 1.82) is 0 Å². The van der Waals surface area contributed by atoms with Gasteiger partial charge >= 0.3 is 0 Å². The first kappa shape index (κ1) is 13.5. The van der Waals surface area contributed by atoms with Gasteiger partial charge < -0.3 is 5.11 Å². The molecule has 0 heterocycles. The average molecular weight is 272 g/mol. The zero-order valence-corrected chi connectivity index (χ0v) is 12.0. The predicted octanol–water partition coefficient (Wildman–Crippen LogP) is 3.20. The summed E-state index contributed by atoms with van der Waals surface area (Å²) in [6.45, 7) is 1.92. The van der Waals surface area contributed by atoms with Crippen LogP contribution in [0.25, 0.3) is 11.1 Å². The molecule has 1 unspecified atom stereocenters. The van der Waals surface area contributed by atoms with Gasteiger partial charge in [0, 0.05) is 34.6 Å². The minimum absolute atomic E-state index is 0. The Kier molecular flexibility index (Phi) is 3.77. The SMILES string of the molecule is CC1(O)Cc2cccc(-c3ccccc3)c2C1.[Ti]. The summed E-state index contributed by atoms with van der Waals surface area (Å²) in [5.74, 6) is 0. The zero-order valence-electron chi connectivity index (χ0n) is 10.5. The van der Waals surface area contributed by atoms with Gasteiger partial charge in [0.2, 0.25) is 0 Å². The van der Waals surface area contributed by atoms with Gasteiger partial charge in [-0.25, -0.2) is 0 Å². The molecule has 1 aliphatic carbocycles. The Morgan fingerprint density at radius 2 is 1.67 bits per heavy atom. The normalized spacial score (nSPS) is 21.2. The van der Waals surface area contributed by atoms with Gasteiger partial charge in [-0.2, -0.15) is 0 Å². The first-order valence-electron chi connectivity index (χ1n) is 6.04. The molecule has 3 rings (SSSR count). The molecule has 2 heteroatoms. The molecule has 2 aromatic rings. The molecule has 1 atom stereocenters. The third-order valence-electron chi connectivity index (χ3n) is 3.49. The van der Waals surface area contributed by atoms with E-state index in [1.54, 1.807) is 0 Å². The smallest absolute Gasteiger partial charge is 0.0700 e. The summed E-state index contributed by atoms with van der Waals surface area (Å²) >= 11 is 0. The maximum atomic E-state index is 10.2. The molecule has 0 radical (unpaired) electrons. The van der Waals surface area contributed by atoms with E-state index in [2.05, 4.69) is 42.5 Å². The third-order valence-corrected chi connectivity index (χ3v) is 3.49. The van der Waals surface area contributed by atoms with Crippen molar-refractivity contribution in [3.05, 3.63) is 59.7 Å². The second-order valence-corrected chi connectivity index (χ2v) is 5.16. The molecule has 0 fully saturated rings. The second-order valence-electron chi connectivity index (χ2n) is 5.16. The first-order chi connectivity index (χ1) is 8.16. The summed E-state index contributed by atoms with van der Waals surface area (Å²) in [5, 5.41) is 10.2. The number of rotatable bonds is 1. The van der Waals surface area contributed by atoms with Gasteiger partial charge in [-0.05, 0) is 29.2 Å². The summed E-state index contributed by atoms with van der Waals surface area (Å²) in [4.78, 5) is 0. The van der Waals surface area contributed by atoms with E-state index in [0.29, 0.717) is 0 Å². The Morgan fingerprint density at radius 1 is 0.944 bits per heavy atom. The van der Waals surface area contributed by atoms with E-state index in [1.807, 2.05) is 13.0 Å². The van der Waals surface area contributed by atoms with Crippen molar-refractivity contribution >= 4 is 0 Å². The van der Waals surface area contributed by atoms with Crippen molar-refractivity contribution in [1.82, 2.24) is 0 Å². The molecule has 1 aliphatic rings. The van der Waals surface area contributed by atoms with Gasteiger partial charge in [0.15, 0.2) is 0 Å². The predicted molar refractivity (Wildman–Crippen MR) is 69.9 cm³/mol. The number of hydrogen-bond donors (Lipinski definition) is 1. The number of aliphatic hydroxyl groups is 1. The second kappa shape index (κ2) is 5.01. The van der Waals surface area contributed by atoms with Crippen LogP contribution in [0.4, 0.5) is 0 Å². The van der Waals surface area contributed by atoms with Crippen LogP contribution in [0.5, 0.6) is 0 Å². The van der Waals surface area contributed by atoms with Crippen molar-refractivity contribution in [3.63, 3.8) is 0 Å². The molecule has 2 aromatic carbocycles. The van der Waals surface area contributed by atoms with E-state index in [-0.39, 0.29) is 21.7 Å². The Bertz CT molecular complexity index is 546. The largest absolute Gasteiger partial charge is 0.389 e. The fourth-order valence-corrected chi connectivity index (χ4v) is 2.75. The van der Waals surface area contributed by atoms with Crippen LogP contribution < -0.4 is 0 Å². The maximum Gasteiger partial charge on any atom is 0.0700 e. The van der Waals surface area contributed by atoms with Crippen molar-refractivity contribution in [2.75, 3.05) is 0 Å². The molecule has 0 bridgehead atoms. The number of benzene rings is 2. The van der Waals surface area contributed by atoms with Crippen molar-refractivity contribution in [2.45, 2.75) is 25.4 Å². The van der Waals surface area contributed by atoms with Gasteiger partial charge in [0.1, 0.15) is 0 Å². The zero-order chi connectivity index (χ0) is 11.9. The minimum atomic E-state index is -0.576. The number of hydrogen-bond acceptors (Lipinski definition) is 1. The van der Waals surface area contributed by atoms with Crippen LogP contribution in [-0.2, 0) is 34.6 Å². The summed E-state index contributed by atoms with van der Waals surface area (Å²) in [7, 11) is 0. The first-order valence-corrected chi connectivity index (χ1v) is 6.04. The Morgan fingerprint density at radius 3 is 2.39 bits per heavy atom. The molecule has 0 amide bonds. The van der Waals surface area contributed by atoms with Crippen LogP contribution in [0.15, 0.2) is 48.5 Å². The molecule has 0 aromatic heterocycles. The summed E-state index contributed by atoms with van der Waals surface area (Å²) < 4.78 is 0. The number of fused-ring (bicyclic) bond motifs is 1. The molecular weight excluding hydrogens is 256 g/mol. The van der Waals surface area contributed by atoms with Crippen molar-refractivity contribution in [3.8, 4) is 11.1 Å². The van der Waals surface area contributed by atoms with E-state index in [4.69, 9.17) is 0 Å². The molecule has 0 aliphatic heterocycles. The van der Waals surface area contributed by atoms with E-state index >= 15 is 0 Å². The molecule has 1 nitrogen and oxygen atoms in total. The maximum absolute atomic E-state index is 10.2. The van der Waals surface area contributed by atoms with Crippen LogP contribution in [-0.4, -0.2) is 10.7 Å². The molecule has 1 N–H and O–H groups in total. The quantitative estimate of drug-likeness (QED) is 0.790.